The molecule has 2 aromatic rings. The predicted molar refractivity (Wildman–Crippen MR) is 90.1 cm³/mol. The number of alkyl halides is 2. The molecule has 0 aliphatic heterocycles. The molecule has 2 aliphatic carbocycles. The molecule has 3 atom stereocenters. The van der Waals surface area contributed by atoms with E-state index >= 15 is 0 Å². The third-order valence-corrected chi connectivity index (χ3v) is 5.66. The lowest BCUT2D eigenvalue weighted by Gasteiger charge is -2.28. The second-order valence-electron chi connectivity index (χ2n) is 7.27. The molecule has 3 unspecified atom stereocenters. The van der Waals surface area contributed by atoms with Crippen LogP contribution in [0.4, 0.5) is 8.78 Å². The Bertz CT molecular complexity index is 816. The lowest BCUT2D eigenvalue weighted by atomic mass is 9.92. The topological polar surface area (TPSA) is 46.9 Å². The Labute approximate surface area is 145 Å². The molecule has 1 N–H and O–H groups in total. The van der Waals surface area contributed by atoms with Crippen LogP contribution in [-0.4, -0.2) is 27.7 Å². The van der Waals surface area contributed by atoms with Crippen molar-refractivity contribution in [2.75, 3.05) is 0 Å². The average Bonchev–Trinajstić information content (AvgIpc) is 3.18. The number of amides is 1. The minimum absolute atomic E-state index is 0.107. The number of carbonyl (C=O) groups excluding carboxylic acids is 1. The molecule has 2 fully saturated rings. The van der Waals surface area contributed by atoms with Crippen LogP contribution in [-0.2, 0) is 0 Å². The smallest absolute Gasteiger partial charge is 0.255 e. The Morgan fingerprint density at radius 1 is 1.24 bits per heavy atom. The molecule has 1 aromatic heterocycles. The number of aryl methyl sites for hydroxylation is 1. The van der Waals surface area contributed by atoms with Gasteiger partial charge in [0.15, 0.2) is 0 Å². The van der Waals surface area contributed by atoms with E-state index < -0.39 is 11.8 Å². The van der Waals surface area contributed by atoms with Gasteiger partial charge in [0, 0.05) is 18.4 Å². The third kappa shape index (κ3) is 2.64. The van der Waals surface area contributed by atoms with Crippen molar-refractivity contribution in [2.45, 2.75) is 45.1 Å². The number of fused-ring (bicyclic) bond motifs is 2. The maximum atomic E-state index is 13.7. The van der Waals surface area contributed by atoms with Crippen LogP contribution in [0.2, 0.25) is 0 Å². The summed E-state index contributed by atoms with van der Waals surface area (Å²) in [5, 5.41) is 7.47. The predicted octanol–water partition coefficient (Wildman–Crippen LogP) is 3.65. The number of rotatable bonds is 3. The van der Waals surface area contributed by atoms with Crippen LogP contribution in [0.25, 0.3) is 5.69 Å². The summed E-state index contributed by atoms with van der Waals surface area (Å²) in [7, 11) is 0. The fraction of sp³-hybridized carbons (Fsp3) is 0.474. The third-order valence-electron chi connectivity index (χ3n) is 5.66. The van der Waals surface area contributed by atoms with E-state index in [1.54, 1.807) is 11.6 Å². The van der Waals surface area contributed by atoms with Crippen molar-refractivity contribution >= 4 is 5.91 Å². The fourth-order valence-corrected chi connectivity index (χ4v) is 4.42. The zero-order chi connectivity index (χ0) is 17.8. The number of benzene rings is 1. The second kappa shape index (κ2) is 5.64. The van der Waals surface area contributed by atoms with Gasteiger partial charge in [0.2, 0.25) is 0 Å². The second-order valence-corrected chi connectivity index (χ2v) is 7.27. The number of aromatic nitrogens is 2. The summed E-state index contributed by atoms with van der Waals surface area (Å²) in [6.07, 6.45) is 0.775. The van der Waals surface area contributed by atoms with Crippen LogP contribution in [0.3, 0.4) is 0 Å². The fourth-order valence-electron chi connectivity index (χ4n) is 4.42. The minimum atomic E-state index is -2.56. The molecule has 2 saturated carbocycles. The van der Waals surface area contributed by atoms with Gasteiger partial charge in [0.1, 0.15) is 0 Å². The largest absolute Gasteiger partial charge is 0.349 e. The summed E-state index contributed by atoms with van der Waals surface area (Å²) in [6, 6.07) is 9.46. The molecule has 132 valence electrons. The van der Waals surface area contributed by atoms with E-state index in [0.717, 1.165) is 11.4 Å². The van der Waals surface area contributed by atoms with Gasteiger partial charge in [-0.3, -0.25) is 4.79 Å². The van der Waals surface area contributed by atoms with Crippen LogP contribution >= 0.6 is 0 Å². The normalized spacial score (nSPS) is 26.8. The van der Waals surface area contributed by atoms with Crippen molar-refractivity contribution in [3.05, 3.63) is 47.3 Å². The lowest BCUT2D eigenvalue weighted by Crippen LogP contribution is -2.42. The summed E-state index contributed by atoms with van der Waals surface area (Å²) >= 11 is 0. The van der Waals surface area contributed by atoms with Crippen molar-refractivity contribution < 1.29 is 13.6 Å². The molecule has 1 amide bonds. The van der Waals surface area contributed by atoms with Crippen molar-refractivity contribution in [2.24, 2.45) is 11.8 Å². The van der Waals surface area contributed by atoms with Crippen LogP contribution in [0.5, 0.6) is 0 Å². The maximum absolute atomic E-state index is 13.7. The van der Waals surface area contributed by atoms with Gasteiger partial charge < -0.3 is 5.32 Å². The lowest BCUT2D eigenvalue weighted by molar-refractivity contribution is -0.0561. The molecular weight excluding hydrogens is 324 g/mol. The van der Waals surface area contributed by atoms with Gasteiger partial charge >= 0.3 is 0 Å². The standard InChI is InChI=1S/C19H21F2N3O/c1-11-17(12(2)24(23-11)15-6-4-3-5-7-15)18(25)22-16-9-14-8-13(16)10-19(14,20)21/h3-7,13-14,16H,8-10H2,1-2H3,(H,22,25). The highest BCUT2D eigenvalue weighted by Crippen LogP contribution is 2.53. The van der Waals surface area contributed by atoms with E-state index in [-0.39, 0.29) is 24.3 Å². The van der Waals surface area contributed by atoms with E-state index in [0.29, 0.717) is 24.1 Å². The first kappa shape index (κ1) is 16.2. The van der Waals surface area contributed by atoms with E-state index in [4.69, 9.17) is 0 Å². The van der Waals surface area contributed by atoms with Crippen molar-refractivity contribution in [3.8, 4) is 5.69 Å². The zero-order valence-electron chi connectivity index (χ0n) is 14.3. The monoisotopic (exact) mass is 345 g/mol. The number of carbonyl (C=O) groups is 1. The van der Waals surface area contributed by atoms with Crippen LogP contribution in [0.1, 0.15) is 41.0 Å². The van der Waals surface area contributed by atoms with E-state index in [1.165, 1.54) is 0 Å². The molecule has 0 saturated heterocycles. The van der Waals surface area contributed by atoms with Gasteiger partial charge in [-0.25, -0.2) is 13.5 Å². The molecule has 2 bridgehead atoms. The molecule has 1 aromatic carbocycles. The number of nitrogens with one attached hydrogen (secondary N) is 1. The van der Waals surface area contributed by atoms with E-state index in [2.05, 4.69) is 10.4 Å². The quantitative estimate of drug-likeness (QED) is 0.923. The highest BCUT2D eigenvalue weighted by atomic mass is 19.3. The van der Waals surface area contributed by atoms with Gasteiger partial charge in [-0.05, 0) is 44.7 Å². The Morgan fingerprint density at radius 3 is 2.56 bits per heavy atom. The first-order chi connectivity index (χ1) is 11.9. The Kier molecular flexibility index (Phi) is 3.67. The SMILES string of the molecule is Cc1nn(-c2ccccc2)c(C)c1C(=O)NC1CC2CC1CC2(F)F. The van der Waals surface area contributed by atoms with Gasteiger partial charge in [0.25, 0.3) is 11.8 Å². The van der Waals surface area contributed by atoms with Crippen LogP contribution in [0, 0.1) is 25.7 Å². The molecule has 25 heavy (non-hydrogen) atoms. The van der Waals surface area contributed by atoms with Crippen molar-refractivity contribution in [1.82, 2.24) is 15.1 Å². The molecule has 0 spiro atoms. The number of para-hydroxylation sites is 1. The summed E-state index contributed by atoms with van der Waals surface area (Å²) in [5.74, 6) is -3.47. The minimum Gasteiger partial charge on any atom is -0.349 e. The molecule has 2 aliphatic rings. The highest BCUT2D eigenvalue weighted by molar-refractivity contribution is 5.96. The Hall–Kier alpha value is -2.24. The van der Waals surface area contributed by atoms with Gasteiger partial charge in [-0.2, -0.15) is 5.10 Å². The van der Waals surface area contributed by atoms with Crippen molar-refractivity contribution in [1.29, 1.82) is 0 Å². The number of halogens is 2. The Morgan fingerprint density at radius 2 is 1.96 bits per heavy atom. The first-order valence-corrected chi connectivity index (χ1v) is 8.67. The summed E-state index contributed by atoms with van der Waals surface area (Å²) in [5.41, 5.74) is 2.84. The molecule has 4 nitrogen and oxygen atoms in total. The Balaban J connectivity index is 1.55. The molecule has 6 heteroatoms. The van der Waals surface area contributed by atoms with Crippen LogP contribution < -0.4 is 5.32 Å². The first-order valence-electron chi connectivity index (χ1n) is 8.67. The molecule has 0 radical (unpaired) electrons. The molecular formula is C19H21F2N3O. The number of nitrogens with zero attached hydrogens (tertiary/aromatic N) is 2. The summed E-state index contributed by atoms with van der Waals surface area (Å²) < 4.78 is 29.1. The van der Waals surface area contributed by atoms with Gasteiger partial charge in [0.05, 0.1) is 22.6 Å². The highest BCUT2D eigenvalue weighted by Gasteiger charge is 2.56. The van der Waals surface area contributed by atoms with Crippen molar-refractivity contribution in [3.63, 3.8) is 0 Å². The van der Waals surface area contributed by atoms with E-state index in [1.807, 2.05) is 37.3 Å². The zero-order valence-corrected chi connectivity index (χ0v) is 14.3. The number of hydrogen-bond donors (Lipinski definition) is 1. The van der Waals surface area contributed by atoms with E-state index in [9.17, 15) is 13.6 Å². The van der Waals surface area contributed by atoms with Gasteiger partial charge in [-0.1, -0.05) is 18.2 Å². The van der Waals surface area contributed by atoms with Gasteiger partial charge in [-0.15, -0.1) is 0 Å². The number of hydrogen-bond acceptors (Lipinski definition) is 2. The molecule has 1 heterocycles. The summed E-state index contributed by atoms with van der Waals surface area (Å²) in [4.78, 5) is 12.8. The maximum Gasteiger partial charge on any atom is 0.255 e. The van der Waals surface area contributed by atoms with Crippen LogP contribution in [0.15, 0.2) is 30.3 Å². The average molecular weight is 345 g/mol. The summed E-state index contributed by atoms with van der Waals surface area (Å²) in [6.45, 7) is 3.66. The molecule has 4 rings (SSSR count).